The van der Waals surface area contributed by atoms with E-state index in [0.29, 0.717) is 29.9 Å². The fourth-order valence-electron chi connectivity index (χ4n) is 6.37. The molecule has 8 nitrogen and oxygen atoms in total. The lowest BCUT2D eigenvalue weighted by atomic mass is 9.95. The molecule has 3 aromatic rings. The monoisotopic (exact) mass is 604 g/mol. The van der Waals surface area contributed by atoms with Crippen molar-refractivity contribution in [1.29, 1.82) is 0 Å². The van der Waals surface area contributed by atoms with Gasteiger partial charge in [-0.3, -0.25) is 4.79 Å². The molecule has 0 radical (unpaired) electrons. The number of hydrogen-bond donors (Lipinski definition) is 0. The summed E-state index contributed by atoms with van der Waals surface area (Å²) in [6.45, 7) is 12.6. The van der Waals surface area contributed by atoms with Crippen LogP contribution in [0, 0.1) is 12.4 Å². The number of hydrogen-bond acceptors (Lipinski definition) is 7. The minimum absolute atomic E-state index is 0.00839. The van der Waals surface area contributed by atoms with Crippen molar-refractivity contribution in [1.82, 2.24) is 19.8 Å². The number of amides is 1. The molecule has 0 saturated carbocycles. The number of nitrogens with zero attached hydrogens (tertiary/aromatic N) is 6. The highest BCUT2D eigenvalue weighted by Gasteiger charge is 2.35. The van der Waals surface area contributed by atoms with Gasteiger partial charge in [0.05, 0.1) is 0 Å². The third-order valence-electron chi connectivity index (χ3n) is 8.67. The van der Waals surface area contributed by atoms with Crippen molar-refractivity contribution in [3.05, 3.63) is 65.5 Å². The molecule has 2 saturated heterocycles. The van der Waals surface area contributed by atoms with Gasteiger partial charge in [-0.2, -0.15) is 9.97 Å². The van der Waals surface area contributed by atoms with E-state index in [-0.39, 0.29) is 37.2 Å². The van der Waals surface area contributed by atoms with Crippen LogP contribution < -0.4 is 9.64 Å². The Hall–Kier alpha value is -3.75. The lowest BCUT2D eigenvalue weighted by molar-refractivity contribution is -0.131. The van der Waals surface area contributed by atoms with E-state index in [1.807, 2.05) is 23.1 Å². The Morgan fingerprint density at radius 2 is 2.02 bits per heavy atom. The number of likely N-dealkylation sites (tertiary alicyclic amines) is 1. The summed E-state index contributed by atoms with van der Waals surface area (Å²) in [4.78, 5) is 32.0. The van der Waals surface area contributed by atoms with Crippen LogP contribution in [0.1, 0.15) is 24.8 Å². The molecule has 2 fully saturated rings. The van der Waals surface area contributed by atoms with Crippen LogP contribution in [-0.2, 0) is 11.2 Å². The van der Waals surface area contributed by atoms with Crippen LogP contribution in [0.5, 0.6) is 6.01 Å². The first-order valence-electron chi connectivity index (χ1n) is 14.7. The van der Waals surface area contributed by atoms with E-state index >= 15 is 4.39 Å². The van der Waals surface area contributed by atoms with E-state index in [9.17, 15) is 9.18 Å². The van der Waals surface area contributed by atoms with E-state index < -0.39 is 23.6 Å². The van der Waals surface area contributed by atoms with E-state index in [1.54, 1.807) is 17.8 Å². The Morgan fingerprint density at radius 3 is 2.79 bits per heavy atom. The molecule has 43 heavy (non-hydrogen) atoms. The molecule has 1 aromatic heterocycles. The summed E-state index contributed by atoms with van der Waals surface area (Å²) >= 11 is 1.80. The largest absolute Gasteiger partial charge is 0.462 e. The lowest BCUT2D eigenvalue weighted by Crippen LogP contribution is -2.56. The lowest BCUT2D eigenvalue weighted by Gasteiger charge is -2.39. The van der Waals surface area contributed by atoms with Crippen LogP contribution in [0.15, 0.2) is 47.6 Å². The highest BCUT2D eigenvalue weighted by Crippen LogP contribution is 2.40. The third-order valence-corrected chi connectivity index (χ3v) is 9.86. The van der Waals surface area contributed by atoms with Crippen molar-refractivity contribution in [3.8, 4) is 17.1 Å². The van der Waals surface area contributed by atoms with Gasteiger partial charge in [0.15, 0.2) is 11.6 Å². The first-order valence-corrected chi connectivity index (χ1v) is 15.7. The van der Waals surface area contributed by atoms with Gasteiger partial charge in [0, 0.05) is 41.5 Å². The van der Waals surface area contributed by atoms with Gasteiger partial charge in [-0.25, -0.2) is 15.4 Å². The van der Waals surface area contributed by atoms with Crippen molar-refractivity contribution in [2.45, 2.75) is 42.7 Å². The quantitative estimate of drug-likeness (QED) is 0.266. The first kappa shape index (κ1) is 29.3. The molecule has 224 valence electrons. The molecule has 0 aliphatic carbocycles. The zero-order valence-electron chi connectivity index (χ0n) is 24.2. The van der Waals surface area contributed by atoms with Crippen molar-refractivity contribution in [2.75, 3.05) is 57.0 Å². The van der Waals surface area contributed by atoms with Crippen LogP contribution in [0.4, 0.5) is 14.6 Å². The zero-order chi connectivity index (χ0) is 30.1. The number of rotatable bonds is 7. The van der Waals surface area contributed by atoms with Crippen molar-refractivity contribution < 1.29 is 18.3 Å². The molecule has 1 amide bonds. The van der Waals surface area contributed by atoms with Crippen molar-refractivity contribution in [2.24, 2.45) is 0 Å². The summed E-state index contributed by atoms with van der Waals surface area (Å²) in [7, 11) is 2.06. The average Bonchev–Trinajstić information content (AvgIpc) is 3.44. The smallest absolute Gasteiger partial charge is 0.319 e. The second-order valence-electron chi connectivity index (χ2n) is 11.3. The van der Waals surface area contributed by atoms with E-state index in [1.165, 1.54) is 9.80 Å². The minimum Gasteiger partial charge on any atom is -0.462 e. The molecule has 0 unspecified atom stereocenters. The summed E-state index contributed by atoms with van der Waals surface area (Å²) < 4.78 is 36.5. The minimum atomic E-state index is -1.06. The molecule has 4 heterocycles. The van der Waals surface area contributed by atoms with Crippen LogP contribution in [-0.4, -0.2) is 89.9 Å². The van der Waals surface area contributed by atoms with Crippen LogP contribution in [0.3, 0.4) is 0 Å². The molecule has 6 rings (SSSR count). The van der Waals surface area contributed by atoms with Gasteiger partial charge in [-0.1, -0.05) is 24.8 Å². The molecular weight excluding hydrogens is 570 g/mol. The van der Waals surface area contributed by atoms with Gasteiger partial charge < -0.3 is 24.3 Å². The van der Waals surface area contributed by atoms with Crippen LogP contribution >= 0.6 is 11.8 Å². The molecule has 2 aromatic carbocycles. The number of piperazine rings is 1. The summed E-state index contributed by atoms with van der Waals surface area (Å²) in [6, 6.07) is 9.39. The summed E-state index contributed by atoms with van der Waals surface area (Å²) in [5, 5.41) is 0.516. The molecule has 11 heteroatoms. The zero-order valence-corrected chi connectivity index (χ0v) is 25.0. The second-order valence-corrected chi connectivity index (χ2v) is 12.5. The van der Waals surface area contributed by atoms with E-state index in [0.717, 1.165) is 49.1 Å². The highest BCUT2D eigenvalue weighted by atomic mass is 32.2. The molecule has 0 bridgehead atoms. The Kier molecular flexibility index (Phi) is 8.50. The maximum absolute atomic E-state index is 16.6. The summed E-state index contributed by atoms with van der Waals surface area (Å²) in [5.41, 5.74) is 2.68. The van der Waals surface area contributed by atoms with Crippen LogP contribution in [0.25, 0.3) is 26.9 Å². The number of carbonyl (C=O) groups is 1. The average molecular weight is 605 g/mol. The molecule has 3 aliphatic rings. The predicted octanol–water partition coefficient (Wildman–Crippen LogP) is 5.37. The summed E-state index contributed by atoms with van der Waals surface area (Å²) in [5.74, 6) is -0.785. The number of thioether (sulfide) groups is 1. The Bertz CT molecular complexity index is 1610. The van der Waals surface area contributed by atoms with Crippen LogP contribution in [0.2, 0.25) is 0 Å². The normalized spacial score (nSPS) is 20.6. The van der Waals surface area contributed by atoms with Gasteiger partial charge in [0.25, 0.3) is 5.91 Å². The maximum atomic E-state index is 16.6. The number of benzene rings is 2. The van der Waals surface area contributed by atoms with Gasteiger partial charge in [0.2, 0.25) is 6.54 Å². The fraction of sp³-hybridized carbons (Fsp3) is 0.438. The molecular formula is C32H34F2N6O2S. The number of anilines is 1. The van der Waals surface area contributed by atoms with Gasteiger partial charge in [0.1, 0.15) is 24.0 Å². The van der Waals surface area contributed by atoms with Crippen molar-refractivity contribution >= 4 is 34.4 Å². The number of aromatic nitrogens is 2. The fourth-order valence-corrected chi connectivity index (χ4v) is 7.44. The van der Waals surface area contributed by atoms with Gasteiger partial charge in [-0.05, 0) is 68.3 Å². The molecule has 3 aliphatic heterocycles. The third kappa shape index (κ3) is 5.78. The Labute approximate surface area is 254 Å². The SMILES string of the molecule is [C-]#[N+]C[C@H]1CN(c2nc(OC[C@@H]3CCCN3C)nc3c(F)c(-c4cccc5c4CCCS5)ccc23)CCN1C(=O)C(=C)F. The van der Waals surface area contributed by atoms with E-state index in [4.69, 9.17) is 16.3 Å². The molecule has 0 N–H and O–H groups in total. The predicted molar refractivity (Wildman–Crippen MR) is 165 cm³/mol. The number of carbonyl (C=O) groups excluding carboxylic acids is 1. The number of halogens is 2. The summed E-state index contributed by atoms with van der Waals surface area (Å²) in [6.07, 6.45) is 4.02. The topological polar surface area (TPSA) is 66.2 Å². The maximum Gasteiger partial charge on any atom is 0.319 e. The van der Waals surface area contributed by atoms with E-state index in [2.05, 4.69) is 34.4 Å². The number of likely N-dealkylation sites (N-methyl/N-ethyl adjacent to an activating group) is 1. The second kappa shape index (κ2) is 12.5. The standard InChI is InChI=1S/C32H34F2N6O2S/c1-20(33)31(41)40-15-14-39(18-22(40)17-35-2)30-26-12-11-25(23-8-4-10-27-24(23)9-6-16-43-27)28(34)29(26)36-32(37-30)42-19-21-7-5-13-38(21)3/h4,8,10-12,21-22H,1,5-7,9,13-19H2,3H3/t21-,22-/m0/s1. The highest BCUT2D eigenvalue weighted by molar-refractivity contribution is 7.99. The van der Waals surface area contributed by atoms with Gasteiger partial charge in [-0.15, -0.1) is 11.8 Å². The number of fused-ring (bicyclic) bond motifs is 2. The molecule has 2 atom stereocenters. The molecule has 0 spiro atoms. The number of ether oxygens (including phenoxy) is 1. The van der Waals surface area contributed by atoms with Crippen molar-refractivity contribution in [3.63, 3.8) is 0 Å². The Morgan fingerprint density at radius 1 is 1.16 bits per heavy atom. The first-order chi connectivity index (χ1) is 20.9. The Balaban J connectivity index is 1.42. The van der Waals surface area contributed by atoms with Gasteiger partial charge >= 0.3 is 6.01 Å².